The minimum Gasteiger partial charge on any atom is -0.492 e. The topological polar surface area (TPSA) is 75.7 Å². The Morgan fingerprint density at radius 3 is 2.34 bits per heavy atom. The van der Waals surface area contributed by atoms with E-state index in [0.717, 1.165) is 18.4 Å². The molecule has 3 rings (SSSR count). The van der Waals surface area contributed by atoms with Crippen LogP contribution in [0.25, 0.3) is 0 Å². The van der Waals surface area contributed by atoms with Crippen LogP contribution >= 0.6 is 0 Å². The molecule has 2 aromatic carbocycles. The number of nitrogens with one attached hydrogen (secondary N) is 1. The molecule has 2 aromatic rings. The smallest absolute Gasteiger partial charge is 0.255 e. The zero-order chi connectivity index (χ0) is 21.0. The van der Waals surface area contributed by atoms with Crippen LogP contribution in [0, 0.1) is 0 Å². The van der Waals surface area contributed by atoms with Gasteiger partial charge >= 0.3 is 0 Å². The van der Waals surface area contributed by atoms with Crippen LogP contribution in [0.3, 0.4) is 0 Å². The van der Waals surface area contributed by atoms with Crippen LogP contribution in [0.1, 0.15) is 55.5 Å². The van der Waals surface area contributed by atoms with E-state index in [0.29, 0.717) is 42.6 Å². The summed E-state index contributed by atoms with van der Waals surface area (Å²) in [5.41, 5.74) is 2.10. The maximum absolute atomic E-state index is 13.1. The normalized spacial score (nSPS) is 14.9. The predicted octanol–water partition coefficient (Wildman–Crippen LogP) is 4.25. The molecule has 0 saturated carbocycles. The maximum Gasteiger partial charge on any atom is 0.255 e. The lowest BCUT2D eigenvalue weighted by Crippen LogP contribution is -2.28. The monoisotopic (exact) mass is 416 g/mol. The van der Waals surface area contributed by atoms with Crippen molar-refractivity contribution < 1.29 is 17.9 Å². The zero-order valence-corrected chi connectivity index (χ0v) is 18.0. The van der Waals surface area contributed by atoms with Gasteiger partial charge < -0.3 is 10.1 Å². The van der Waals surface area contributed by atoms with Crippen molar-refractivity contribution in [2.45, 2.75) is 44.4 Å². The number of amides is 1. The van der Waals surface area contributed by atoms with Gasteiger partial charge in [-0.05, 0) is 61.6 Å². The summed E-state index contributed by atoms with van der Waals surface area (Å²) in [7, 11) is -3.67. The summed E-state index contributed by atoms with van der Waals surface area (Å²) in [5.74, 6) is 0.407. The van der Waals surface area contributed by atoms with Gasteiger partial charge in [-0.3, -0.25) is 4.79 Å². The fourth-order valence-corrected chi connectivity index (χ4v) is 5.03. The molecular weight excluding hydrogens is 388 g/mol. The molecule has 0 radical (unpaired) electrons. The van der Waals surface area contributed by atoms with Gasteiger partial charge in [0.2, 0.25) is 10.0 Å². The number of carbonyl (C=O) groups is 1. The van der Waals surface area contributed by atoms with Gasteiger partial charge in [-0.25, -0.2) is 8.42 Å². The Labute approximate surface area is 172 Å². The third-order valence-electron chi connectivity index (χ3n) is 5.02. The van der Waals surface area contributed by atoms with Crippen molar-refractivity contribution in [1.82, 2.24) is 4.31 Å². The Morgan fingerprint density at radius 2 is 1.76 bits per heavy atom. The van der Waals surface area contributed by atoms with Gasteiger partial charge in [0.15, 0.2) is 0 Å². The van der Waals surface area contributed by atoms with Gasteiger partial charge in [0.05, 0.1) is 6.61 Å². The van der Waals surface area contributed by atoms with E-state index in [4.69, 9.17) is 4.74 Å². The molecule has 0 aliphatic carbocycles. The van der Waals surface area contributed by atoms with Crippen LogP contribution in [0.2, 0.25) is 0 Å². The van der Waals surface area contributed by atoms with Crippen molar-refractivity contribution in [2.75, 3.05) is 25.0 Å². The molecule has 0 bridgehead atoms. The second-order valence-corrected chi connectivity index (χ2v) is 9.34. The molecule has 1 aliphatic rings. The number of sulfonamides is 1. The highest BCUT2D eigenvalue weighted by Gasteiger charge is 2.30. The van der Waals surface area contributed by atoms with E-state index in [-0.39, 0.29) is 10.8 Å². The van der Waals surface area contributed by atoms with Crippen LogP contribution in [0.5, 0.6) is 5.75 Å². The molecule has 0 unspecified atom stereocenters. The van der Waals surface area contributed by atoms with E-state index in [9.17, 15) is 13.2 Å². The maximum atomic E-state index is 13.1. The highest BCUT2D eigenvalue weighted by molar-refractivity contribution is 7.89. The number of benzene rings is 2. The summed E-state index contributed by atoms with van der Waals surface area (Å²) in [4.78, 5) is 12.7. The summed E-state index contributed by atoms with van der Waals surface area (Å²) in [6, 6.07) is 12.2. The first kappa shape index (κ1) is 21.3. The second-order valence-electron chi connectivity index (χ2n) is 7.44. The minimum absolute atomic E-state index is 0.0919. The van der Waals surface area contributed by atoms with Crippen molar-refractivity contribution in [1.29, 1.82) is 0 Å². The SMILES string of the molecule is CCOc1ccc(NC(=O)c2ccc(C(C)C)cc2)cc1S(=O)(=O)N1CCCC1. The number of carbonyl (C=O) groups excluding carboxylic acids is 1. The van der Waals surface area contributed by atoms with Crippen molar-refractivity contribution in [3.05, 3.63) is 53.6 Å². The van der Waals surface area contributed by atoms with Crippen molar-refractivity contribution in [3.63, 3.8) is 0 Å². The minimum atomic E-state index is -3.67. The average Bonchev–Trinajstić information content (AvgIpc) is 3.25. The summed E-state index contributed by atoms with van der Waals surface area (Å²) in [5, 5.41) is 2.80. The molecule has 29 heavy (non-hydrogen) atoms. The molecule has 1 heterocycles. The summed E-state index contributed by atoms with van der Waals surface area (Å²) in [6.07, 6.45) is 1.71. The Bertz CT molecular complexity index is 963. The summed E-state index contributed by atoms with van der Waals surface area (Å²) < 4.78 is 33.2. The molecule has 0 atom stereocenters. The fraction of sp³-hybridized carbons (Fsp3) is 0.409. The molecule has 1 amide bonds. The molecule has 7 heteroatoms. The first-order chi connectivity index (χ1) is 13.8. The second kappa shape index (κ2) is 8.97. The van der Waals surface area contributed by atoms with Crippen LogP contribution in [0.4, 0.5) is 5.69 Å². The largest absolute Gasteiger partial charge is 0.492 e. The number of nitrogens with zero attached hydrogens (tertiary/aromatic N) is 1. The first-order valence-electron chi connectivity index (χ1n) is 10.0. The van der Waals surface area contributed by atoms with E-state index < -0.39 is 10.0 Å². The molecule has 6 nitrogen and oxygen atoms in total. The molecule has 156 valence electrons. The first-order valence-corrected chi connectivity index (χ1v) is 11.4. The Morgan fingerprint density at radius 1 is 1.10 bits per heavy atom. The lowest BCUT2D eigenvalue weighted by atomic mass is 10.0. The zero-order valence-electron chi connectivity index (χ0n) is 17.1. The van der Waals surface area contributed by atoms with Crippen LogP contribution in [0.15, 0.2) is 47.4 Å². The van der Waals surface area contributed by atoms with Gasteiger partial charge in [0, 0.05) is 24.3 Å². The Hall–Kier alpha value is -2.38. The number of anilines is 1. The summed E-state index contributed by atoms with van der Waals surface area (Å²) in [6.45, 7) is 7.37. The van der Waals surface area contributed by atoms with Gasteiger partial charge in [0.1, 0.15) is 10.6 Å². The lowest BCUT2D eigenvalue weighted by molar-refractivity contribution is 0.102. The van der Waals surface area contributed by atoms with Gasteiger partial charge in [-0.2, -0.15) is 4.31 Å². The van der Waals surface area contributed by atoms with Crippen molar-refractivity contribution >= 4 is 21.6 Å². The molecule has 1 saturated heterocycles. The highest BCUT2D eigenvalue weighted by atomic mass is 32.2. The van der Waals surface area contributed by atoms with Crippen molar-refractivity contribution in [3.8, 4) is 5.75 Å². The van der Waals surface area contributed by atoms with Gasteiger partial charge in [-0.1, -0.05) is 26.0 Å². The number of hydrogen-bond acceptors (Lipinski definition) is 4. The van der Waals surface area contributed by atoms with Gasteiger partial charge in [0.25, 0.3) is 5.91 Å². The van der Waals surface area contributed by atoms with E-state index in [1.807, 2.05) is 19.1 Å². The van der Waals surface area contributed by atoms with Crippen LogP contribution in [-0.2, 0) is 10.0 Å². The highest BCUT2D eigenvalue weighted by Crippen LogP contribution is 2.31. The number of ether oxygens (including phenoxy) is 1. The predicted molar refractivity (Wildman–Crippen MR) is 114 cm³/mol. The van der Waals surface area contributed by atoms with E-state index >= 15 is 0 Å². The molecular formula is C22H28N2O4S. The molecule has 1 fully saturated rings. The van der Waals surface area contributed by atoms with Gasteiger partial charge in [-0.15, -0.1) is 0 Å². The van der Waals surface area contributed by atoms with Crippen molar-refractivity contribution in [2.24, 2.45) is 0 Å². The fourth-order valence-electron chi connectivity index (χ4n) is 3.35. The summed E-state index contributed by atoms with van der Waals surface area (Å²) >= 11 is 0. The van der Waals surface area contributed by atoms with E-state index in [1.54, 1.807) is 24.3 Å². The van der Waals surface area contributed by atoms with E-state index in [1.165, 1.54) is 10.4 Å². The average molecular weight is 417 g/mol. The third kappa shape index (κ3) is 4.79. The number of hydrogen-bond donors (Lipinski definition) is 1. The molecule has 0 aromatic heterocycles. The quantitative estimate of drug-likeness (QED) is 0.732. The number of rotatable bonds is 7. The molecule has 1 N–H and O–H groups in total. The Kier molecular flexibility index (Phi) is 6.59. The van der Waals surface area contributed by atoms with Crippen LogP contribution < -0.4 is 10.1 Å². The lowest BCUT2D eigenvalue weighted by Gasteiger charge is -2.19. The van der Waals surface area contributed by atoms with Crippen LogP contribution in [-0.4, -0.2) is 38.3 Å². The third-order valence-corrected chi connectivity index (χ3v) is 6.94. The van der Waals surface area contributed by atoms with E-state index in [2.05, 4.69) is 19.2 Å². The molecule has 0 spiro atoms. The molecule has 1 aliphatic heterocycles. The Balaban J connectivity index is 1.87. The standard InChI is InChI=1S/C22H28N2O4S/c1-4-28-20-12-11-19(15-21(20)29(26,27)24-13-5-6-14-24)23-22(25)18-9-7-17(8-10-18)16(2)3/h7-12,15-16H,4-6,13-14H2,1-3H3,(H,23,25).